The number of nitrogens with zero attached hydrogens (tertiary/aromatic N) is 1. The maximum atomic E-state index is 12.5. The number of anilines is 1. The number of benzene rings is 2. The van der Waals surface area contributed by atoms with Crippen LogP contribution in [0.25, 0.3) is 0 Å². The lowest BCUT2D eigenvalue weighted by atomic mass is 10.1. The minimum absolute atomic E-state index is 0.126. The van der Waals surface area contributed by atoms with Crippen LogP contribution < -0.4 is 19.1 Å². The molecule has 1 atom stereocenters. The summed E-state index contributed by atoms with van der Waals surface area (Å²) in [5, 5.41) is 3.50. The fourth-order valence-corrected chi connectivity index (χ4v) is 4.33. The zero-order chi connectivity index (χ0) is 23.2. The van der Waals surface area contributed by atoms with Gasteiger partial charge in [0.15, 0.2) is 0 Å². The van der Waals surface area contributed by atoms with Crippen LogP contribution in [-0.4, -0.2) is 41.3 Å². The predicted molar refractivity (Wildman–Crippen MR) is 124 cm³/mol. The molecule has 0 aliphatic carbocycles. The van der Waals surface area contributed by atoms with Gasteiger partial charge in [-0.3, -0.25) is 9.10 Å². The molecule has 0 saturated carbocycles. The molecule has 2 aromatic carbocycles. The monoisotopic (exact) mass is 488 g/mol. The number of ether oxygens (including phenoxy) is 2. The van der Waals surface area contributed by atoms with E-state index in [4.69, 9.17) is 32.7 Å². The Kier molecular flexibility index (Phi) is 8.85. The first-order valence-electron chi connectivity index (χ1n) is 9.51. The molecule has 0 unspecified atom stereocenters. The van der Waals surface area contributed by atoms with E-state index < -0.39 is 10.0 Å². The SMILES string of the molecule is COc1ccc(OC)c([C@@H](C)NC(=O)CCCN(c2ccc(Cl)c(Cl)c2)S(C)(=O)=O)c1. The molecule has 1 amide bonds. The van der Waals surface area contributed by atoms with Crippen molar-refractivity contribution in [3.63, 3.8) is 0 Å². The van der Waals surface area contributed by atoms with Gasteiger partial charge in [-0.1, -0.05) is 23.2 Å². The highest BCUT2D eigenvalue weighted by atomic mass is 35.5. The van der Waals surface area contributed by atoms with Crippen LogP contribution in [-0.2, 0) is 14.8 Å². The first kappa shape index (κ1) is 25.1. The topological polar surface area (TPSA) is 84.9 Å². The Hall–Kier alpha value is -2.16. The highest BCUT2D eigenvalue weighted by molar-refractivity contribution is 7.92. The van der Waals surface area contributed by atoms with E-state index in [1.807, 2.05) is 6.92 Å². The molecule has 10 heteroatoms. The average Bonchev–Trinajstić information content (AvgIpc) is 2.71. The number of nitrogens with one attached hydrogen (secondary N) is 1. The summed E-state index contributed by atoms with van der Waals surface area (Å²) in [6.45, 7) is 1.97. The first-order chi connectivity index (χ1) is 14.6. The Morgan fingerprint density at radius 1 is 1.10 bits per heavy atom. The molecule has 0 heterocycles. The second-order valence-corrected chi connectivity index (χ2v) is 9.66. The van der Waals surface area contributed by atoms with E-state index in [1.54, 1.807) is 38.5 Å². The molecule has 7 nitrogen and oxygen atoms in total. The van der Waals surface area contributed by atoms with Gasteiger partial charge >= 0.3 is 0 Å². The molecule has 0 saturated heterocycles. The minimum atomic E-state index is -3.56. The molecule has 0 radical (unpaired) electrons. The van der Waals surface area contributed by atoms with Crippen LogP contribution >= 0.6 is 23.2 Å². The van der Waals surface area contributed by atoms with Crippen molar-refractivity contribution in [1.82, 2.24) is 5.32 Å². The van der Waals surface area contributed by atoms with Gasteiger partial charge in [0.05, 0.1) is 42.2 Å². The van der Waals surface area contributed by atoms with Crippen molar-refractivity contribution in [2.75, 3.05) is 31.3 Å². The van der Waals surface area contributed by atoms with E-state index in [-0.39, 0.29) is 29.9 Å². The number of rotatable bonds is 10. The summed E-state index contributed by atoms with van der Waals surface area (Å²) in [5.41, 5.74) is 1.18. The number of methoxy groups -OCH3 is 2. The molecule has 170 valence electrons. The van der Waals surface area contributed by atoms with Crippen LogP contribution in [0.4, 0.5) is 5.69 Å². The Bertz CT molecular complexity index is 1030. The summed E-state index contributed by atoms with van der Waals surface area (Å²) in [5.74, 6) is 1.08. The van der Waals surface area contributed by atoms with Crippen molar-refractivity contribution in [3.05, 3.63) is 52.0 Å². The molecule has 0 aliphatic rings. The van der Waals surface area contributed by atoms with E-state index in [2.05, 4.69) is 5.32 Å². The van der Waals surface area contributed by atoms with Gasteiger partial charge in [0.25, 0.3) is 0 Å². The lowest BCUT2D eigenvalue weighted by Crippen LogP contribution is -2.32. The van der Waals surface area contributed by atoms with Gasteiger partial charge in [0, 0.05) is 18.5 Å². The normalized spacial score (nSPS) is 12.2. The lowest BCUT2D eigenvalue weighted by molar-refractivity contribution is -0.121. The number of carbonyl (C=O) groups excluding carboxylic acids is 1. The molecule has 0 bridgehead atoms. The third-order valence-corrected chi connectivity index (χ3v) is 6.57. The van der Waals surface area contributed by atoms with Crippen LogP contribution in [0.15, 0.2) is 36.4 Å². The number of hydrogen-bond donors (Lipinski definition) is 1. The van der Waals surface area contributed by atoms with Gasteiger partial charge in [-0.05, 0) is 49.7 Å². The number of sulfonamides is 1. The maximum absolute atomic E-state index is 12.5. The van der Waals surface area contributed by atoms with E-state index in [1.165, 1.54) is 16.4 Å². The van der Waals surface area contributed by atoms with Crippen molar-refractivity contribution in [1.29, 1.82) is 0 Å². The summed E-state index contributed by atoms with van der Waals surface area (Å²) in [7, 11) is -0.435. The van der Waals surface area contributed by atoms with Gasteiger partial charge < -0.3 is 14.8 Å². The minimum Gasteiger partial charge on any atom is -0.497 e. The van der Waals surface area contributed by atoms with Crippen molar-refractivity contribution in [2.24, 2.45) is 0 Å². The zero-order valence-electron chi connectivity index (χ0n) is 17.8. The molecule has 0 spiro atoms. The van der Waals surface area contributed by atoms with Crippen LogP contribution in [0.2, 0.25) is 10.0 Å². The van der Waals surface area contributed by atoms with E-state index in [0.29, 0.717) is 28.6 Å². The fraction of sp³-hybridized carbons (Fsp3) is 0.381. The van der Waals surface area contributed by atoms with E-state index in [0.717, 1.165) is 11.8 Å². The van der Waals surface area contributed by atoms with Crippen LogP contribution in [0.5, 0.6) is 11.5 Å². The number of amides is 1. The van der Waals surface area contributed by atoms with E-state index >= 15 is 0 Å². The van der Waals surface area contributed by atoms with Crippen LogP contribution in [0.1, 0.15) is 31.4 Å². The van der Waals surface area contributed by atoms with Gasteiger partial charge in [0.1, 0.15) is 11.5 Å². The smallest absolute Gasteiger partial charge is 0.232 e. The summed E-state index contributed by atoms with van der Waals surface area (Å²) >= 11 is 11.9. The average molecular weight is 489 g/mol. The van der Waals surface area contributed by atoms with Gasteiger partial charge in [-0.25, -0.2) is 8.42 Å². The molecule has 0 fully saturated rings. The summed E-state index contributed by atoms with van der Waals surface area (Å²) in [6.07, 6.45) is 1.57. The third kappa shape index (κ3) is 6.92. The number of carbonyl (C=O) groups is 1. The maximum Gasteiger partial charge on any atom is 0.232 e. The third-order valence-electron chi connectivity index (χ3n) is 4.64. The molecule has 2 rings (SSSR count). The molecular formula is C21H26Cl2N2O5S. The number of hydrogen-bond acceptors (Lipinski definition) is 5. The van der Waals surface area contributed by atoms with E-state index in [9.17, 15) is 13.2 Å². The first-order valence-corrected chi connectivity index (χ1v) is 12.1. The largest absolute Gasteiger partial charge is 0.497 e. The Morgan fingerprint density at radius 2 is 1.81 bits per heavy atom. The second-order valence-electron chi connectivity index (χ2n) is 6.93. The van der Waals surface area contributed by atoms with Crippen molar-refractivity contribution < 1.29 is 22.7 Å². The van der Waals surface area contributed by atoms with Crippen molar-refractivity contribution >= 4 is 44.8 Å². The molecular weight excluding hydrogens is 463 g/mol. The number of halogens is 2. The highest BCUT2D eigenvalue weighted by Crippen LogP contribution is 2.30. The zero-order valence-corrected chi connectivity index (χ0v) is 20.1. The molecule has 1 N–H and O–H groups in total. The lowest BCUT2D eigenvalue weighted by Gasteiger charge is -2.23. The Balaban J connectivity index is 2.02. The quantitative estimate of drug-likeness (QED) is 0.534. The molecule has 0 aliphatic heterocycles. The summed E-state index contributed by atoms with van der Waals surface area (Å²) in [6, 6.07) is 9.64. The van der Waals surface area contributed by atoms with Crippen molar-refractivity contribution in [3.8, 4) is 11.5 Å². The van der Waals surface area contributed by atoms with Crippen molar-refractivity contribution in [2.45, 2.75) is 25.8 Å². The molecule has 0 aromatic heterocycles. The molecule has 2 aromatic rings. The van der Waals surface area contributed by atoms with Crippen LogP contribution in [0, 0.1) is 0 Å². The fourth-order valence-electron chi connectivity index (χ4n) is 3.08. The molecule has 31 heavy (non-hydrogen) atoms. The second kappa shape index (κ2) is 10.9. The van der Waals surface area contributed by atoms with Gasteiger partial charge in [-0.2, -0.15) is 0 Å². The van der Waals surface area contributed by atoms with Gasteiger partial charge in [-0.15, -0.1) is 0 Å². The summed E-state index contributed by atoms with van der Waals surface area (Å²) < 4.78 is 36.3. The Labute approximate surface area is 193 Å². The highest BCUT2D eigenvalue weighted by Gasteiger charge is 2.20. The Morgan fingerprint density at radius 3 is 2.39 bits per heavy atom. The van der Waals surface area contributed by atoms with Gasteiger partial charge in [0.2, 0.25) is 15.9 Å². The van der Waals surface area contributed by atoms with Crippen LogP contribution in [0.3, 0.4) is 0 Å². The summed E-state index contributed by atoms with van der Waals surface area (Å²) in [4.78, 5) is 12.5. The standard InChI is InChI=1S/C21H26Cl2N2O5S/c1-14(17-13-16(29-2)8-10-20(17)30-3)24-21(26)6-5-11-25(31(4,27)28)15-7-9-18(22)19(23)12-15/h7-10,12-14H,5-6,11H2,1-4H3,(H,24,26)/t14-/m1/s1. The predicted octanol–water partition coefficient (Wildman–Crippen LogP) is 4.43.